The van der Waals surface area contributed by atoms with E-state index >= 15 is 0 Å². The first-order valence-corrected chi connectivity index (χ1v) is 17.3. The van der Waals surface area contributed by atoms with E-state index in [1.165, 1.54) is 35.3 Å². The maximum Gasteiger partial charge on any atom is 0.418 e. The smallest absolute Gasteiger partial charge is 0.418 e. The number of carboxylic acid groups (broad SMARTS) is 1. The van der Waals surface area contributed by atoms with E-state index in [9.17, 15) is 72.6 Å². The molecule has 39 heteroatoms. The number of hydroxylamine groups is 6. The van der Waals surface area contributed by atoms with E-state index in [4.69, 9.17) is 47.0 Å². The maximum atomic E-state index is 13.7. The van der Waals surface area contributed by atoms with Crippen molar-refractivity contribution in [3.05, 3.63) is 0 Å². The van der Waals surface area contributed by atoms with Crippen LogP contribution in [0.2, 0.25) is 0 Å². The summed E-state index contributed by atoms with van der Waals surface area (Å²) in [6.07, 6.45) is -11.6. The number of aliphatic carboxylic acids is 1. The van der Waals surface area contributed by atoms with E-state index in [1.54, 1.807) is 5.32 Å². The van der Waals surface area contributed by atoms with Crippen LogP contribution >= 0.6 is 0 Å². The Hall–Kier alpha value is -8.21. The minimum Gasteiger partial charge on any atom is -0.474 e. The molecule has 1 fully saturated rings. The van der Waals surface area contributed by atoms with Crippen LogP contribution in [0.3, 0.4) is 0 Å². The van der Waals surface area contributed by atoms with Gasteiger partial charge in [-0.25, -0.2) is 96.1 Å². The van der Waals surface area contributed by atoms with Crippen molar-refractivity contribution in [1.29, 1.82) is 0 Å². The number of rotatable bonds is 20. The van der Waals surface area contributed by atoms with Crippen molar-refractivity contribution >= 4 is 77.8 Å². The number of nitrogens with zero attached hydrogens (tertiary/aromatic N) is 1. The molecule has 0 aromatic rings. The number of nitrogens with one attached hydrogen (secondary N) is 10. The second-order valence-corrected chi connectivity index (χ2v) is 12.5. The minimum absolute atomic E-state index is 0.101. The molecule has 0 saturated carbocycles. The van der Waals surface area contributed by atoms with Crippen LogP contribution in [0.1, 0.15) is 26.7 Å². The van der Waals surface area contributed by atoms with Crippen LogP contribution < -0.4 is 65.6 Å². The lowest BCUT2D eigenvalue weighted by molar-refractivity contribution is -0.240. The summed E-state index contributed by atoms with van der Waals surface area (Å²) < 4.78 is 27.8. The molecule has 0 aliphatic carbocycles. The number of carboxylic acids is 1. The van der Waals surface area contributed by atoms with Gasteiger partial charge >= 0.3 is 77.9 Å². The van der Waals surface area contributed by atoms with Gasteiger partial charge in [-0.1, -0.05) is 13.8 Å². The van der Waals surface area contributed by atoms with Gasteiger partial charge in [0.05, 0.1) is 0 Å². The fraction of sp³-hybridized carbons (Fsp3) is 0.519. The number of likely N-dealkylation sites (tertiary alicyclic amines) is 1. The van der Waals surface area contributed by atoms with Gasteiger partial charge in [0.1, 0.15) is 18.7 Å². The molecule has 0 aromatic heterocycles. The highest BCUT2D eigenvalue weighted by Crippen LogP contribution is 2.26. The Balaban J connectivity index is 3.63. The third-order valence-corrected chi connectivity index (χ3v) is 7.73. The summed E-state index contributed by atoms with van der Waals surface area (Å²) in [6.45, 7) is 0.952. The third kappa shape index (κ3) is 15.3. The fourth-order valence-corrected chi connectivity index (χ4v) is 4.84. The Labute approximate surface area is 363 Å². The summed E-state index contributed by atoms with van der Waals surface area (Å²) in [5.41, 5.74) is 13.7. The first-order valence-electron chi connectivity index (χ1n) is 17.3. The summed E-state index contributed by atoms with van der Waals surface area (Å²) in [5.74, 6) is -22.2. The molecule has 1 aliphatic heterocycles. The number of nitrogens with two attached hydrogens (primary N) is 2. The molecule has 0 spiro atoms. The second kappa shape index (κ2) is 25.2. The van der Waals surface area contributed by atoms with Crippen LogP contribution in [0.5, 0.6) is 0 Å². The van der Waals surface area contributed by atoms with E-state index in [2.05, 4.69) is 18.9 Å². The van der Waals surface area contributed by atoms with Gasteiger partial charge in [0.25, 0.3) is 24.6 Å². The molecule has 7 unspecified atom stereocenters. The first kappa shape index (κ1) is 55.8. The lowest BCUT2D eigenvalue weighted by Crippen LogP contribution is -2.70. The Morgan fingerprint density at radius 3 is 1.53 bits per heavy atom. The van der Waals surface area contributed by atoms with Crippen LogP contribution in [-0.2, 0) is 66.8 Å². The monoisotopic (exact) mass is 963 g/mol. The van der Waals surface area contributed by atoms with Gasteiger partial charge < -0.3 is 49.5 Å². The zero-order valence-electron chi connectivity index (χ0n) is 33.3. The van der Waals surface area contributed by atoms with Crippen LogP contribution in [-0.4, -0.2) is 174 Å². The molecule has 39 nitrogen and oxygen atoms in total. The summed E-state index contributed by atoms with van der Waals surface area (Å²) in [6, 6.07) is -9.85. The summed E-state index contributed by atoms with van der Waals surface area (Å²) in [5, 5.41) is 69.0. The molecule has 21 N–H and O–H groups in total. The first-order chi connectivity index (χ1) is 30.8. The molecule has 0 bridgehead atoms. The molecule has 0 radical (unpaired) electrons. The van der Waals surface area contributed by atoms with E-state index in [-0.39, 0.29) is 19.4 Å². The lowest BCUT2D eigenvalue weighted by Gasteiger charge is -2.36. The van der Waals surface area contributed by atoms with E-state index in [0.717, 1.165) is 32.3 Å². The average molecular weight is 964 g/mol. The Bertz CT molecular complexity index is 1890. The van der Waals surface area contributed by atoms with Crippen molar-refractivity contribution in [3.8, 4) is 0 Å². The average Bonchev–Trinajstić information content (AvgIpc) is 3.78. The number of hydrogen-bond donors (Lipinski definition) is 19. The van der Waals surface area contributed by atoms with Gasteiger partial charge in [-0.3, -0.25) is 52.0 Å². The maximum absolute atomic E-state index is 13.7. The molecule has 1 heterocycles. The van der Waals surface area contributed by atoms with Gasteiger partial charge in [-0.2, -0.15) is 0 Å². The van der Waals surface area contributed by atoms with Crippen LogP contribution in [0.25, 0.3) is 0 Å². The number of ether oxygens (including phenoxy) is 6. The number of hydrogen-bond acceptors (Lipinski definition) is 27. The SMILES string of the molecule is CC(C)C(OC(=O)C1CCCN1C(=O)NO)C(N)(C(=O)NO)C(=O)OC(NC(=O)NO)C(=O)OC(NC(=O)NO)C(=O)OC(NC(=O)NO)C(=O)OC(N)(OC(=O)CNC(=O)NO)C(=O)O. The Kier molecular flexibility index (Phi) is 21.3. The largest absolute Gasteiger partial charge is 0.474 e. The number of carbonyl (C=O) groups is 13. The number of urea groups is 5. The Morgan fingerprint density at radius 1 is 0.636 bits per heavy atom. The van der Waals surface area contributed by atoms with Crippen molar-refractivity contribution in [2.24, 2.45) is 17.4 Å². The van der Waals surface area contributed by atoms with Gasteiger partial charge in [-0.05, 0) is 18.8 Å². The lowest BCUT2D eigenvalue weighted by atomic mass is 9.85. The number of esters is 6. The van der Waals surface area contributed by atoms with E-state index in [1.807, 2.05) is 0 Å². The topological polar surface area (TPSA) is 594 Å². The van der Waals surface area contributed by atoms with E-state index < -0.39 is 133 Å². The summed E-state index contributed by atoms with van der Waals surface area (Å²) in [4.78, 5) is 163. The third-order valence-electron chi connectivity index (χ3n) is 7.73. The van der Waals surface area contributed by atoms with Crippen molar-refractivity contribution in [2.75, 3.05) is 13.1 Å². The standard InChI is InChI=1S/C27H41N13O26/c1-7(2)10(61-14(42)8-4-3-5-40(8)25(54)39-60)26(28,18(46)34-55)20(49)64-12(32-23(52)37-58)16(44)62-11(31-22(51)36-57)15(43)63-13(33-24(53)38-59)17(45)66-27(29,19(47)48)65-9(41)6-30-21(50)35-56/h7-8,10-13,55-60H,3-6,28-29H2,1-2H3,(H,34,46)(H,39,54)(H,47,48)(H2,30,35,50)(H2,31,36,51)(H2,32,37,52)(H2,33,38,53). The van der Waals surface area contributed by atoms with Crippen molar-refractivity contribution in [1.82, 2.24) is 59.0 Å². The van der Waals surface area contributed by atoms with Gasteiger partial charge in [0.2, 0.25) is 5.54 Å². The molecular weight excluding hydrogens is 922 g/mol. The number of carbonyl (C=O) groups excluding carboxylic acids is 12. The summed E-state index contributed by atoms with van der Waals surface area (Å²) in [7, 11) is 0. The van der Waals surface area contributed by atoms with E-state index in [0.29, 0.717) is 0 Å². The number of amides is 11. The molecule has 1 saturated heterocycles. The van der Waals surface area contributed by atoms with Crippen LogP contribution in [0, 0.1) is 5.92 Å². The predicted octanol–water partition coefficient (Wildman–Crippen LogP) is -8.53. The zero-order chi connectivity index (χ0) is 50.7. The van der Waals surface area contributed by atoms with Gasteiger partial charge in [-0.15, -0.1) is 0 Å². The molecule has 1 aliphatic rings. The second-order valence-electron chi connectivity index (χ2n) is 12.5. The van der Waals surface area contributed by atoms with Crippen molar-refractivity contribution in [2.45, 2.75) is 69.0 Å². The Morgan fingerprint density at radius 2 is 1.11 bits per heavy atom. The molecule has 11 amide bonds. The highest BCUT2D eigenvalue weighted by molar-refractivity contribution is 6.08. The fourth-order valence-electron chi connectivity index (χ4n) is 4.84. The quantitative estimate of drug-likeness (QED) is 0.0135. The molecular formula is C27H41N13O26. The van der Waals surface area contributed by atoms with Crippen molar-refractivity contribution < 1.29 is 127 Å². The van der Waals surface area contributed by atoms with Gasteiger partial charge in [0, 0.05) is 6.54 Å². The molecule has 370 valence electrons. The van der Waals surface area contributed by atoms with Crippen molar-refractivity contribution in [3.63, 3.8) is 0 Å². The van der Waals surface area contributed by atoms with Crippen LogP contribution in [0.4, 0.5) is 24.0 Å². The summed E-state index contributed by atoms with van der Waals surface area (Å²) >= 11 is 0. The highest BCUT2D eigenvalue weighted by Gasteiger charge is 2.56. The molecule has 7 atom stereocenters. The van der Waals surface area contributed by atoms with Gasteiger partial charge in [0.15, 0.2) is 0 Å². The van der Waals surface area contributed by atoms with Crippen LogP contribution in [0.15, 0.2) is 0 Å². The molecule has 0 aromatic carbocycles. The highest BCUT2D eigenvalue weighted by atomic mass is 16.8. The molecule has 1 rings (SSSR count). The minimum atomic E-state index is -3.95. The molecule has 66 heavy (non-hydrogen) atoms. The predicted molar refractivity (Wildman–Crippen MR) is 187 cm³/mol. The zero-order valence-corrected chi connectivity index (χ0v) is 33.3. The normalized spacial score (nSPS) is 16.4.